The second kappa shape index (κ2) is 3.67. The molecule has 0 spiro atoms. The molecule has 6 heteroatoms. The summed E-state index contributed by atoms with van der Waals surface area (Å²) in [6.45, 7) is 0.666. The Morgan fingerprint density at radius 3 is 3.07 bits per heavy atom. The van der Waals surface area contributed by atoms with Gasteiger partial charge in [0, 0.05) is 24.8 Å². The lowest BCUT2D eigenvalue weighted by Gasteiger charge is -1.99. The van der Waals surface area contributed by atoms with Crippen LogP contribution < -0.4 is 11.1 Å². The molecule has 3 N–H and O–H groups in total. The maximum Gasteiger partial charge on any atom is 0.171 e. The van der Waals surface area contributed by atoms with Gasteiger partial charge in [-0.3, -0.25) is 4.68 Å². The highest BCUT2D eigenvalue weighted by atomic mass is 32.1. The molecule has 0 saturated carbocycles. The van der Waals surface area contributed by atoms with Gasteiger partial charge in [-0.2, -0.15) is 5.10 Å². The Bertz CT molecular complexity index is 405. The number of hydrogen-bond acceptors (Lipinski definition) is 5. The van der Waals surface area contributed by atoms with Crippen LogP contribution in [0.4, 0.5) is 11.5 Å². The fourth-order valence-electron chi connectivity index (χ4n) is 1.14. The van der Waals surface area contributed by atoms with E-state index in [0.717, 1.165) is 5.01 Å². The van der Waals surface area contributed by atoms with Crippen molar-refractivity contribution < 1.29 is 0 Å². The zero-order chi connectivity index (χ0) is 9.97. The number of aromatic nitrogens is 3. The average molecular weight is 209 g/mol. The molecule has 0 fully saturated rings. The highest BCUT2D eigenvalue weighted by molar-refractivity contribution is 7.09. The number of nitrogens with zero attached hydrogens (tertiary/aromatic N) is 3. The van der Waals surface area contributed by atoms with Crippen molar-refractivity contribution in [3.8, 4) is 0 Å². The lowest BCUT2D eigenvalue weighted by Crippen LogP contribution is -2.01. The van der Waals surface area contributed by atoms with E-state index in [4.69, 9.17) is 5.73 Å². The molecular weight excluding hydrogens is 198 g/mol. The summed E-state index contributed by atoms with van der Waals surface area (Å²) in [6.07, 6.45) is 3.55. The first kappa shape index (κ1) is 9.01. The average Bonchev–Trinajstić information content (AvgIpc) is 2.72. The minimum Gasteiger partial charge on any atom is -0.394 e. The highest BCUT2D eigenvalue weighted by Gasteiger charge is 2.03. The molecule has 2 heterocycles. The Hall–Kier alpha value is -1.56. The summed E-state index contributed by atoms with van der Waals surface area (Å²) in [5.74, 6) is 0.711. The van der Waals surface area contributed by atoms with E-state index in [-0.39, 0.29) is 0 Å². The van der Waals surface area contributed by atoms with Crippen molar-refractivity contribution in [3.05, 3.63) is 22.8 Å². The van der Waals surface area contributed by atoms with Crippen LogP contribution in [0.3, 0.4) is 0 Å². The lowest BCUT2D eigenvalue weighted by molar-refractivity contribution is 0.768. The summed E-state index contributed by atoms with van der Waals surface area (Å²) in [5, 5.41) is 10.3. The van der Waals surface area contributed by atoms with Crippen molar-refractivity contribution in [2.45, 2.75) is 6.54 Å². The van der Waals surface area contributed by atoms with Crippen molar-refractivity contribution in [1.82, 2.24) is 14.8 Å². The Balaban J connectivity index is 2.01. The van der Waals surface area contributed by atoms with Gasteiger partial charge in [0.25, 0.3) is 0 Å². The van der Waals surface area contributed by atoms with E-state index >= 15 is 0 Å². The molecule has 0 aliphatic rings. The van der Waals surface area contributed by atoms with Crippen LogP contribution in [0.2, 0.25) is 0 Å². The van der Waals surface area contributed by atoms with Crippen molar-refractivity contribution in [3.63, 3.8) is 0 Å². The predicted octanol–water partition coefficient (Wildman–Crippen LogP) is 1.07. The van der Waals surface area contributed by atoms with E-state index in [9.17, 15) is 0 Å². The Morgan fingerprint density at radius 2 is 2.50 bits per heavy atom. The topological polar surface area (TPSA) is 68.8 Å². The summed E-state index contributed by atoms with van der Waals surface area (Å²) in [7, 11) is 1.84. The molecule has 0 atom stereocenters. The van der Waals surface area contributed by atoms with Crippen LogP contribution in [-0.2, 0) is 13.6 Å². The van der Waals surface area contributed by atoms with E-state index in [1.165, 1.54) is 0 Å². The smallest absolute Gasteiger partial charge is 0.171 e. The van der Waals surface area contributed by atoms with E-state index < -0.39 is 0 Å². The summed E-state index contributed by atoms with van der Waals surface area (Å²) in [6, 6.07) is 0. The molecule has 0 aromatic carbocycles. The van der Waals surface area contributed by atoms with Gasteiger partial charge < -0.3 is 11.1 Å². The van der Waals surface area contributed by atoms with Crippen LogP contribution >= 0.6 is 11.3 Å². The second-order valence-corrected chi connectivity index (χ2v) is 3.87. The molecule has 0 unspecified atom stereocenters. The fourth-order valence-corrected chi connectivity index (χ4v) is 1.70. The molecule has 0 amide bonds. The van der Waals surface area contributed by atoms with Crippen LogP contribution in [0.15, 0.2) is 17.8 Å². The van der Waals surface area contributed by atoms with Crippen LogP contribution in [-0.4, -0.2) is 14.8 Å². The third-order valence-electron chi connectivity index (χ3n) is 1.75. The van der Waals surface area contributed by atoms with E-state index in [0.29, 0.717) is 18.1 Å². The number of anilines is 2. The molecular formula is C8H11N5S. The van der Waals surface area contributed by atoms with Crippen molar-refractivity contribution in [1.29, 1.82) is 0 Å². The fraction of sp³-hybridized carbons (Fsp3) is 0.250. The van der Waals surface area contributed by atoms with Gasteiger partial charge in [0.2, 0.25) is 0 Å². The number of thiazole rings is 1. The first-order valence-corrected chi connectivity index (χ1v) is 5.05. The predicted molar refractivity (Wildman–Crippen MR) is 57.1 cm³/mol. The van der Waals surface area contributed by atoms with Crippen LogP contribution in [0.5, 0.6) is 0 Å². The number of nitrogens with one attached hydrogen (secondary N) is 1. The molecule has 0 radical (unpaired) electrons. The molecule has 0 aliphatic heterocycles. The highest BCUT2D eigenvalue weighted by Crippen LogP contribution is 2.15. The van der Waals surface area contributed by atoms with E-state index in [1.54, 1.807) is 28.4 Å². The molecule has 74 valence electrons. The molecule has 2 rings (SSSR count). The normalized spacial score (nSPS) is 10.4. The first-order valence-electron chi connectivity index (χ1n) is 4.17. The zero-order valence-corrected chi connectivity index (χ0v) is 8.58. The van der Waals surface area contributed by atoms with Gasteiger partial charge in [0.15, 0.2) is 5.82 Å². The van der Waals surface area contributed by atoms with Gasteiger partial charge in [-0.1, -0.05) is 0 Å². The minimum atomic E-state index is 0.657. The Morgan fingerprint density at radius 1 is 1.64 bits per heavy atom. The zero-order valence-electron chi connectivity index (χ0n) is 7.77. The number of hydrogen-bond donors (Lipinski definition) is 2. The quantitative estimate of drug-likeness (QED) is 0.793. The lowest BCUT2D eigenvalue weighted by atomic mass is 10.5. The largest absolute Gasteiger partial charge is 0.394 e. The number of aryl methyl sites for hydroxylation is 1. The van der Waals surface area contributed by atoms with Gasteiger partial charge >= 0.3 is 0 Å². The SMILES string of the molecule is Cn1cc(N)c(NCc2nccs2)n1. The molecule has 0 aliphatic carbocycles. The molecule has 2 aromatic heterocycles. The summed E-state index contributed by atoms with van der Waals surface area (Å²) in [5.41, 5.74) is 6.37. The van der Waals surface area contributed by atoms with Gasteiger partial charge in [0.1, 0.15) is 5.01 Å². The standard InChI is InChI=1S/C8H11N5S/c1-13-5-6(9)8(12-13)11-4-7-10-2-3-14-7/h2-3,5H,4,9H2,1H3,(H,11,12). The summed E-state index contributed by atoms with van der Waals surface area (Å²) >= 11 is 1.61. The van der Waals surface area contributed by atoms with Gasteiger partial charge in [-0.15, -0.1) is 11.3 Å². The van der Waals surface area contributed by atoms with Crippen molar-refractivity contribution in [2.75, 3.05) is 11.1 Å². The van der Waals surface area contributed by atoms with Crippen LogP contribution in [0, 0.1) is 0 Å². The summed E-state index contributed by atoms with van der Waals surface area (Å²) in [4.78, 5) is 4.15. The van der Waals surface area contributed by atoms with E-state index in [2.05, 4.69) is 15.4 Å². The first-order chi connectivity index (χ1) is 6.75. The third kappa shape index (κ3) is 1.85. The van der Waals surface area contributed by atoms with Gasteiger partial charge in [0.05, 0.1) is 12.2 Å². The van der Waals surface area contributed by atoms with Crippen LogP contribution in [0.1, 0.15) is 5.01 Å². The van der Waals surface area contributed by atoms with Crippen LogP contribution in [0.25, 0.3) is 0 Å². The van der Waals surface area contributed by atoms with E-state index in [1.807, 2.05) is 12.4 Å². The molecule has 2 aromatic rings. The second-order valence-electron chi connectivity index (χ2n) is 2.89. The van der Waals surface area contributed by atoms with Crippen molar-refractivity contribution in [2.24, 2.45) is 7.05 Å². The Kier molecular flexibility index (Phi) is 2.36. The van der Waals surface area contributed by atoms with Crippen molar-refractivity contribution >= 4 is 22.8 Å². The number of nitrogen functional groups attached to an aromatic ring is 1. The monoisotopic (exact) mass is 209 g/mol. The molecule has 0 bridgehead atoms. The number of nitrogens with two attached hydrogens (primary N) is 1. The minimum absolute atomic E-state index is 0.657. The molecule has 14 heavy (non-hydrogen) atoms. The number of rotatable bonds is 3. The third-order valence-corrected chi connectivity index (χ3v) is 2.53. The Labute approximate surface area is 85.6 Å². The van der Waals surface area contributed by atoms with Gasteiger partial charge in [-0.25, -0.2) is 4.98 Å². The maximum atomic E-state index is 5.72. The molecule has 0 saturated heterocycles. The maximum absolute atomic E-state index is 5.72. The molecule has 5 nitrogen and oxygen atoms in total. The summed E-state index contributed by atoms with van der Waals surface area (Å²) < 4.78 is 1.68. The van der Waals surface area contributed by atoms with Gasteiger partial charge in [-0.05, 0) is 0 Å².